The summed E-state index contributed by atoms with van der Waals surface area (Å²) in [6, 6.07) is 11.8. The molecule has 13 heteroatoms. The quantitative estimate of drug-likeness (QED) is 0.401. The molecule has 4 aromatic rings. The van der Waals surface area contributed by atoms with Crippen molar-refractivity contribution in [2.24, 2.45) is 0 Å². The zero-order valence-electron chi connectivity index (χ0n) is 18.2. The summed E-state index contributed by atoms with van der Waals surface area (Å²) in [6.45, 7) is 3.37. The van der Waals surface area contributed by atoms with Crippen LogP contribution in [0.15, 0.2) is 70.6 Å². The average Bonchev–Trinajstić information content (AvgIpc) is 3.14. The van der Waals surface area contributed by atoms with Gasteiger partial charge in [-0.25, -0.2) is 32.5 Å². The summed E-state index contributed by atoms with van der Waals surface area (Å²) in [7, 11) is -3.90. The topological polar surface area (TPSA) is 154 Å². The third-order valence-corrected chi connectivity index (χ3v) is 5.96. The minimum atomic E-state index is -3.90. The monoisotopic (exact) mass is 480 g/mol. The second kappa shape index (κ2) is 9.23. The van der Waals surface area contributed by atoms with Gasteiger partial charge in [0.05, 0.1) is 10.6 Å². The lowest BCUT2D eigenvalue weighted by atomic mass is 10.3. The Labute approximate surface area is 194 Å². The SMILES string of the molecule is Cc1cc(C)n(-c2ccc(=O)n(CC(=O)Nc3ccc(S(=O)(=O)Nc4ncccn4)cc3)n2)n1. The van der Waals surface area contributed by atoms with E-state index in [9.17, 15) is 18.0 Å². The minimum Gasteiger partial charge on any atom is -0.324 e. The van der Waals surface area contributed by atoms with E-state index in [0.29, 0.717) is 11.5 Å². The van der Waals surface area contributed by atoms with Crippen molar-refractivity contribution in [1.82, 2.24) is 29.5 Å². The number of amides is 1. The summed E-state index contributed by atoms with van der Waals surface area (Å²) in [5.41, 5.74) is 1.54. The highest BCUT2D eigenvalue weighted by Crippen LogP contribution is 2.16. The number of sulfonamides is 1. The molecule has 12 nitrogen and oxygen atoms in total. The molecule has 0 unspecified atom stereocenters. The number of carbonyl (C=O) groups is 1. The van der Waals surface area contributed by atoms with E-state index >= 15 is 0 Å². The molecule has 0 saturated heterocycles. The molecule has 0 bridgehead atoms. The summed E-state index contributed by atoms with van der Waals surface area (Å²) in [6.07, 6.45) is 2.83. The molecule has 4 rings (SSSR count). The van der Waals surface area contributed by atoms with Crippen molar-refractivity contribution in [2.45, 2.75) is 25.3 Å². The predicted octanol–water partition coefficient (Wildman–Crippen LogP) is 1.28. The molecule has 0 aliphatic heterocycles. The number of hydrogen-bond donors (Lipinski definition) is 2. The zero-order valence-corrected chi connectivity index (χ0v) is 19.0. The maximum absolute atomic E-state index is 12.5. The number of nitrogens with zero attached hydrogens (tertiary/aromatic N) is 6. The molecule has 34 heavy (non-hydrogen) atoms. The van der Waals surface area contributed by atoms with E-state index < -0.39 is 21.5 Å². The summed E-state index contributed by atoms with van der Waals surface area (Å²) >= 11 is 0. The number of anilines is 2. The maximum Gasteiger partial charge on any atom is 0.267 e. The number of rotatable bonds is 7. The van der Waals surface area contributed by atoms with Gasteiger partial charge in [-0.05, 0) is 56.3 Å². The Morgan fingerprint density at radius 1 is 1.00 bits per heavy atom. The van der Waals surface area contributed by atoms with Crippen LogP contribution in [-0.2, 0) is 21.4 Å². The third-order valence-electron chi connectivity index (χ3n) is 4.61. The van der Waals surface area contributed by atoms with Crippen LogP contribution < -0.4 is 15.6 Å². The molecule has 0 atom stereocenters. The van der Waals surface area contributed by atoms with Crippen molar-refractivity contribution in [3.8, 4) is 5.82 Å². The first kappa shape index (κ1) is 22.8. The van der Waals surface area contributed by atoms with Gasteiger partial charge in [0.25, 0.3) is 15.6 Å². The van der Waals surface area contributed by atoms with Gasteiger partial charge in [-0.1, -0.05) is 0 Å². The van der Waals surface area contributed by atoms with Crippen molar-refractivity contribution in [1.29, 1.82) is 0 Å². The van der Waals surface area contributed by atoms with E-state index in [-0.39, 0.29) is 17.4 Å². The number of nitrogens with one attached hydrogen (secondary N) is 2. The van der Waals surface area contributed by atoms with E-state index in [0.717, 1.165) is 16.1 Å². The van der Waals surface area contributed by atoms with Crippen molar-refractivity contribution in [3.05, 3.63) is 82.7 Å². The maximum atomic E-state index is 12.5. The molecule has 3 heterocycles. The van der Waals surface area contributed by atoms with Crippen molar-refractivity contribution in [2.75, 3.05) is 10.0 Å². The standard InChI is InChI=1S/C21H20N8O4S/c1-14-12-15(2)29(25-14)18-8-9-20(31)28(26-18)13-19(30)24-16-4-6-17(7-5-16)34(32,33)27-21-22-10-3-11-23-21/h3-12H,13H2,1-2H3,(H,24,30)(H,22,23,27). The highest BCUT2D eigenvalue weighted by molar-refractivity contribution is 7.92. The molecule has 0 aliphatic rings. The Balaban J connectivity index is 1.45. The van der Waals surface area contributed by atoms with Crippen molar-refractivity contribution >= 4 is 27.6 Å². The van der Waals surface area contributed by atoms with E-state index in [4.69, 9.17) is 0 Å². The number of benzene rings is 1. The Bertz CT molecular complexity index is 1500. The largest absolute Gasteiger partial charge is 0.324 e. The van der Waals surface area contributed by atoms with E-state index in [1.165, 1.54) is 48.8 Å². The Hall–Kier alpha value is -4.39. The Kier molecular flexibility index (Phi) is 6.19. The lowest BCUT2D eigenvalue weighted by Crippen LogP contribution is -2.30. The molecule has 1 amide bonds. The van der Waals surface area contributed by atoms with Gasteiger partial charge in [0.15, 0.2) is 5.82 Å². The molecule has 0 fully saturated rings. The summed E-state index contributed by atoms with van der Waals surface area (Å²) in [4.78, 5) is 32.3. The first-order valence-electron chi connectivity index (χ1n) is 10.0. The predicted molar refractivity (Wildman–Crippen MR) is 123 cm³/mol. The van der Waals surface area contributed by atoms with E-state index in [1.807, 2.05) is 19.9 Å². The number of aryl methyl sites for hydroxylation is 2. The van der Waals surface area contributed by atoms with Crippen LogP contribution in [0.4, 0.5) is 11.6 Å². The molecule has 0 aliphatic carbocycles. The molecule has 2 N–H and O–H groups in total. The molecule has 0 saturated carbocycles. The van der Waals surface area contributed by atoms with Gasteiger partial charge < -0.3 is 5.32 Å². The Morgan fingerprint density at radius 3 is 2.35 bits per heavy atom. The Morgan fingerprint density at radius 2 is 1.71 bits per heavy atom. The van der Waals surface area contributed by atoms with Crippen LogP contribution in [0, 0.1) is 13.8 Å². The van der Waals surface area contributed by atoms with Crippen LogP contribution in [0.1, 0.15) is 11.4 Å². The van der Waals surface area contributed by atoms with Gasteiger partial charge >= 0.3 is 0 Å². The normalized spacial score (nSPS) is 11.2. The van der Waals surface area contributed by atoms with Crippen molar-refractivity contribution in [3.63, 3.8) is 0 Å². The first-order chi connectivity index (χ1) is 16.2. The van der Waals surface area contributed by atoms with Gasteiger partial charge in [0.2, 0.25) is 11.9 Å². The second-order valence-electron chi connectivity index (χ2n) is 7.28. The van der Waals surface area contributed by atoms with Gasteiger partial charge in [0.1, 0.15) is 6.54 Å². The fraction of sp³-hybridized carbons (Fsp3) is 0.143. The summed E-state index contributed by atoms with van der Waals surface area (Å²) in [5.74, 6) is -0.158. The van der Waals surface area contributed by atoms with Gasteiger partial charge in [-0.3, -0.25) is 9.59 Å². The zero-order chi connectivity index (χ0) is 24.3. The lowest BCUT2D eigenvalue weighted by molar-refractivity contribution is -0.117. The van der Waals surface area contributed by atoms with Gasteiger partial charge in [-0.15, -0.1) is 5.10 Å². The molecular weight excluding hydrogens is 460 g/mol. The number of aromatic nitrogens is 6. The molecule has 1 aromatic carbocycles. The first-order valence-corrected chi connectivity index (χ1v) is 11.5. The van der Waals surface area contributed by atoms with Gasteiger partial charge in [0, 0.05) is 29.8 Å². The van der Waals surface area contributed by atoms with Crippen LogP contribution in [0.2, 0.25) is 0 Å². The van der Waals surface area contributed by atoms with Crippen LogP contribution in [0.3, 0.4) is 0 Å². The van der Waals surface area contributed by atoms with Crippen LogP contribution in [0.5, 0.6) is 0 Å². The molecule has 3 aromatic heterocycles. The minimum absolute atomic E-state index is 0.0339. The highest BCUT2D eigenvalue weighted by Gasteiger charge is 2.16. The van der Waals surface area contributed by atoms with E-state index in [1.54, 1.807) is 10.7 Å². The van der Waals surface area contributed by atoms with Crippen LogP contribution in [0.25, 0.3) is 5.82 Å². The van der Waals surface area contributed by atoms with Crippen molar-refractivity contribution < 1.29 is 13.2 Å². The third kappa shape index (κ3) is 5.15. The fourth-order valence-corrected chi connectivity index (χ4v) is 4.07. The summed E-state index contributed by atoms with van der Waals surface area (Å²) in [5, 5.41) is 11.2. The highest BCUT2D eigenvalue weighted by atomic mass is 32.2. The average molecular weight is 481 g/mol. The molecule has 0 radical (unpaired) electrons. The summed E-state index contributed by atoms with van der Waals surface area (Å²) < 4.78 is 29.8. The smallest absolute Gasteiger partial charge is 0.267 e. The second-order valence-corrected chi connectivity index (χ2v) is 8.96. The fourth-order valence-electron chi connectivity index (χ4n) is 3.11. The molecule has 174 valence electrons. The van der Waals surface area contributed by atoms with E-state index in [2.05, 4.69) is 30.2 Å². The molecule has 0 spiro atoms. The van der Waals surface area contributed by atoms with Crippen LogP contribution in [-0.4, -0.2) is 43.9 Å². The van der Waals surface area contributed by atoms with Crippen LogP contribution >= 0.6 is 0 Å². The number of carbonyl (C=O) groups excluding carboxylic acids is 1. The number of hydrogen-bond acceptors (Lipinski definition) is 8. The van der Waals surface area contributed by atoms with Gasteiger partial charge in [-0.2, -0.15) is 5.10 Å². The lowest BCUT2D eigenvalue weighted by Gasteiger charge is -2.10. The molecular formula is C21H20N8O4S.